The Kier molecular flexibility index (Phi) is 3.00. The van der Waals surface area contributed by atoms with Crippen LogP contribution in [0.5, 0.6) is 0 Å². The zero-order valence-corrected chi connectivity index (χ0v) is 9.62. The Morgan fingerprint density at radius 2 is 2.19 bits per heavy atom. The summed E-state index contributed by atoms with van der Waals surface area (Å²) in [5, 5.41) is 6.94. The maximum Gasteiger partial charge on any atom is 0.245 e. The molecule has 0 unspecified atom stereocenters. The third kappa shape index (κ3) is 2.46. The number of hydrogen-bond donors (Lipinski definition) is 1. The van der Waals surface area contributed by atoms with E-state index in [-0.39, 0.29) is 5.28 Å². The van der Waals surface area contributed by atoms with E-state index in [4.69, 9.17) is 16.1 Å². The van der Waals surface area contributed by atoms with Crippen LogP contribution in [0.2, 0.25) is 5.28 Å². The van der Waals surface area contributed by atoms with Gasteiger partial charge in [-0.05, 0) is 25.4 Å². The van der Waals surface area contributed by atoms with Gasteiger partial charge in [-0.2, -0.15) is 4.98 Å². The van der Waals surface area contributed by atoms with E-state index in [2.05, 4.69) is 25.4 Å². The number of halogens is 1. The first-order valence-electron chi connectivity index (χ1n) is 4.67. The Morgan fingerprint density at radius 1 is 1.38 bits per heavy atom. The predicted molar refractivity (Wildman–Crippen MR) is 58.1 cm³/mol. The van der Waals surface area contributed by atoms with Gasteiger partial charge < -0.3 is 9.84 Å². The van der Waals surface area contributed by atoms with Crippen molar-refractivity contribution in [1.82, 2.24) is 20.1 Å². The summed E-state index contributed by atoms with van der Waals surface area (Å²) in [5.41, 5.74) is 0.903. The molecule has 0 aliphatic rings. The van der Waals surface area contributed by atoms with Crippen molar-refractivity contribution < 1.29 is 4.52 Å². The molecule has 2 aromatic rings. The summed E-state index contributed by atoms with van der Waals surface area (Å²) >= 11 is 5.69. The van der Waals surface area contributed by atoms with E-state index >= 15 is 0 Å². The minimum atomic E-state index is 0.204. The molecule has 0 spiro atoms. The second-order valence-electron chi connectivity index (χ2n) is 3.26. The molecule has 0 atom stereocenters. The molecular weight excluding hydrogens is 230 g/mol. The molecule has 0 aliphatic heterocycles. The Hall–Kier alpha value is -1.69. The van der Waals surface area contributed by atoms with E-state index < -0.39 is 0 Å². The molecule has 0 radical (unpaired) electrons. The number of nitrogens with zero attached hydrogens (tertiary/aromatic N) is 4. The fraction of sp³-hybridized carbons (Fsp3) is 0.333. The van der Waals surface area contributed by atoms with Crippen molar-refractivity contribution in [3.8, 4) is 0 Å². The summed E-state index contributed by atoms with van der Waals surface area (Å²) < 4.78 is 4.96. The molecule has 84 valence electrons. The zero-order chi connectivity index (χ0) is 11.5. The molecule has 6 nitrogen and oxygen atoms in total. The van der Waals surface area contributed by atoms with Crippen molar-refractivity contribution in [2.24, 2.45) is 0 Å². The Labute approximate surface area is 97.1 Å². The van der Waals surface area contributed by atoms with Crippen LogP contribution in [0.1, 0.15) is 17.3 Å². The number of nitrogens with one attached hydrogen (secondary N) is 1. The number of aromatic nitrogens is 4. The highest BCUT2D eigenvalue weighted by Crippen LogP contribution is 2.13. The van der Waals surface area contributed by atoms with Crippen molar-refractivity contribution >= 4 is 17.4 Å². The fourth-order valence-corrected chi connectivity index (χ4v) is 1.30. The molecular formula is C9H10ClN5O. The number of hydrogen-bond acceptors (Lipinski definition) is 6. The molecule has 0 amide bonds. The maximum absolute atomic E-state index is 5.69. The number of anilines is 1. The lowest BCUT2D eigenvalue weighted by Crippen LogP contribution is -2.04. The van der Waals surface area contributed by atoms with Crippen LogP contribution < -0.4 is 5.32 Å². The highest BCUT2D eigenvalue weighted by Gasteiger charge is 2.05. The van der Waals surface area contributed by atoms with Gasteiger partial charge >= 0.3 is 0 Å². The minimum absolute atomic E-state index is 0.204. The van der Waals surface area contributed by atoms with Gasteiger partial charge in [0.05, 0.1) is 6.54 Å². The van der Waals surface area contributed by atoms with Gasteiger partial charge in [0.1, 0.15) is 5.82 Å². The summed E-state index contributed by atoms with van der Waals surface area (Å²) in [4.78, 5) is 12.0. The van der Waals surface area contributed by atoms with Crippen molar-refractivity contribution in [3.05, 3.63) is 28.8 Å². The largest absolute Gasteiger partial charge is 0.361 e. The van der Waals surface area contributed by atoms with E-state index in [1.54, 1.807) is 13.1 Å². The number of aryl methyl sites for hydroxylation is 2. The standard InChI is InChI=1S/C9H10ClN5O/c1-5-3-12-9(10)14-8(5)11-4-7-13-6(2)15-16-7/h3H,4H2,1-2H3,(H,11,12,14). The highest BCUT2D eigenvalue weighted by molar-refractivity contribution is 6.28. The molecule has 0 aliphatic carbocycles. The second-order valence-corrected chi connectivity index (χ2v) is 3.60. The van der Waals surface area contributed by atoms with Crippen LogP contribution in [0.4, 0.5) is 5.82 Å². The second kappa shape index (κ2) is 4.44. The van der Waals surface area contributed by atoms with Gasteiger partial charge in [0.15, 0.2) is 5.82 Å². The molecule has 16 heavy (non-hydrogen) atoms. The molecule has 2 rings (SSSR count). The molecule has 2 aromatic heterocycles. The van der Waals surface area contributed by atoms with Crippen LogP contribution in [-0.4, -0.2) is 20.1 Å². The van der Waals surface area contributed by atoms with Gasteiger partial charge in [-0.3, -0.25) is 0 Å². The average molecular weight is 240 g/mol. The molecule has 1 N–H and O–H groups in total. The predicted octanol–water partition coefficient (Wildman–Crippen LogP) is 1.74. The highest BCUT2D eigenvalue weighted by atomic mass is 35.5. The molecule has 0 fully saturated rings. The molecule has 0 saturated heterocycles. The van der Waals surface area contributed by atoms with Gasteiger partial charge in [-0.25, -0.2) is 9.97 Å². The Balaban J connectivity index is 2.07. The smallest absolute Gasteiger partial charge is 0.245 e. The van der Waals surface area contributed by atoms with E-state index in [9.17, 15) is 0 Å². The van der Waals surface area contributed by atoms with E-state index in [1.165, 1.54) is 0 Å². The van der Waals surface area contributed by atoms with Gasteiger partial charge in [0.2, 0.25) is 11.2 Å². The first-order valence-corrected chi connectivity index (χ1v) is 5.05. The molecule has 7 heteroatoms. The Morgan fingerprint density at radius 3 is 2.88 bits per heavy atom. The van der Waals surface area contributed by atoms with Crippen LogP contribution >= 0.6 is 11.6 Å². The van der Waals surface area contributed by atoms with Crippen LogP contribution in [0.25, 0.3) is 0 Å². The van der Waals surface area contributed by atoms with Crippen molar-refractivity contribution in [2.45, 2.75) is 20.4 Å². The summed E-state index contributed by atoms with van der Waals surface area (Å²) in [7, 11) is 0. The monoisotopic (exact) mass is 239 g/mol. The van der Waals surface area contributed by atoms with Gasteiger partial charge in [0.25, 0.3) is 0 Å². The first-order chi connectivity index (χ1) is 7.65. The van der Waals surface area contributed by atoms with E-state index in [1.807, 2.05) is 6.92 Å². The van der Waals surface area contributed by atoms with Crippen molar-refractivity contribution in [3.63, 3.8) is 0 Å². The molecule has 0 saturated carbocycles. The maximum atomic E-state index is 5.69. The normalized spacial score (nSPS) is 10.4. The third-order valence-corrected chi connectivity index (χ3v) is 2.10. The quantitative estimate of drug-likeness (QED) is 0.823. The van der Waals surface area contributed by atoms with Gasteiger partial charge in [-0.15, -0.1) is 0 Å². The lowest BCUT2D eigenvalue weighted by Gasteiger charge is -2.05. The molecule has 2 heterocycles. The molecule has 0 aromatic carbocycles. The minimum Gasteiger partial charge on any atom is -0.361 e. The Bertz CT molecular complexity index is 498. The van der Waals surface area contributed by atoms with Crippen LogP contribution in [0.15, 0.2) is 10.7 Å². The topological polar surface area (TPSA) is 76.7 Å². The summed E-state index contributed by atoms with van der Waals surface area (Å²) in [5.74, 6) is 1.77. The first kappa shape index (κ1) is 10.8. The van der Waals surface area contributed by atoms with E-state index in [0.717, 1.165) is 5.56 Å². The van der Waals surface area contributed by atoms with Crippen LogP contribution in [-0.2, 0) is 6.54 Å². The lowest BCUT2D eigenvalue weighted by atomic mass is 10.3. The van der Waals surface area contributed by atoms with E-state index in [0.29, 0.717) is 24.1 Å². The average Bonchev–Trinajstić information content (AvgIpc) is 2.66. The zero-order valence-electron chi connectivity index (χ0n) is 8.86. The number of rotatable bonds is 3. The van der Waals surface area contributed by atoms with Crippen molar-refractivity contribution in [1.29, 1.82) is 0 Å². The van der Waals surface area contributed by atoms with Crippen LogP contribution in [0, 0.1) is 13.8 Å². The van der Waals surface area contributed by atoms with Gasteiger partial charge in [0, 0.05) is 11.8 Å². The summed E-state index contributed by atoms with van der Waals surface area (Å²) in [6.07, 6.45) is 1.65. The fourth-order valence-electron chi connectivity index (χ4n) is 1.17. The summed E-state index contributed by atoms with van der Waals surface area (Å²) in [6, 6.07) is 0. The SMILES string of the molecule is Cc1noc(CNc2nc(Cl)ncc2C)n1. The lowest BCUT2D eigenvalue weighted by molar-refractivity contribution is 0.379. The summed E-state index contributed by atoms with van der Waals surface area (Å²) in [6.45, 7) is 4.06. The van der Waals surface area contributed by atoms with Gasteiger partial charge in [-0.1, -0.05) is 5.16 Å². The molecule has 0 bridgehead atoms. The third-order valence-electron chi connectivity index (χ3n) is 1.92. The van der Waals surface area contributed by atoms with Crippen LogP contribution in [0.3, 0.4) is 0 Å². The van der Waals surface area contributed by atoms with Crippen molar-refractivity contribution in [2.75, 3.05) is 5.32 Å².